The van der Waals surface area contributed by atoms with Gasteiger partial charge in [-0.25, -0.2) is 14.9 Å². The third-order valence-corrected chi connectivity index (χ3v) is 3.09. The lowest BCUT2D eigenvalue weighted by Gasteiger charge is -2.14. The van der Waals surface area contributed by atoms with Gasteiger partial charge in [0.15, 0.2) is 11.5 Å². The zero-order chi connectivity index (χ0) is 16.6. The monoisotopic (exact) mass is 315 g/mol. The van der Waals surface area contributed by atoms with Crippen LogP contribution >= 0.6 is 0 Å². The van der Waals surface area contributed by atoms with Crippen molar-refractivity contribution in [1.29, 1.82) is 0 Å². The predicted octanol–water partition coefficient (Wildman–Crippen LogP) is 2.08. The molecule has 0 unspecified atom stereocenters. The van der Waals surface area contributed by atoms with Gasteiger partial charge < -0.3 is 9.73 Å². The molecule has 0 bridgehead atoms. The minimum Gasteiger partial charge on any atom is -0.441 e. The van der Waals surface area contributed by atoms with Crippen LogP contribution in [-0.4, -0.2) is 26.1 Å². The van der Waals surface area contributed by atoms with Crippen molar-refractivity contribution in [3.05, 3.63) is 40.4 Å². The number of aromatic nitrogens is 4. The van der Waals surface area contributed by atoms with Crippen molar-refractivity contribution in [2.75, 3.05) is 5.32 Å². The summed E-state index contributed by atoms with van der Waals surface area (Å²) in [5.41, 5.74) is 1.41. The normalized spacial score (nSPS) is 11.8. The first-order valence-electron chi connectivity index (χ1n) is 7.16. The van der Waals surface area contributed by atoms with Gasteiger partial charge in [-0.05, 0) is 23.6 Å². The van der Waals surface area contributed by atoms with Gasteiger partial charge in [0.25, 0.3) is 5.91 Å². The standard InChI is InChI=1S/C15H17N5O3/c1-15(2,3)7-11-17-9-6-8(4-5-10(9)23-11)16-13(21)12-18-14(22)20-19-12/h4-6H,7H2,1-3H3,(H,16,21)(H2,18,19,20,22). The van der Waals surface area contributed by atoms with Crippen molar-refractivity contribution in [3.63, 3.8) is 0 Å². The van der Waals surface area contributed by atoms with Gasteiger partial charge in [0, 0.05) is 12.1 Å². The Labute approximate surface area is 131 Å². The van der Waals surface area contributed by atoms with Gasteiger partial charge in [0.1, 0.15) is 5.52 Å². The summed E-state index contributed by atoms with van der Waals surface area (Å²) >= 11 is 0. The van der Waals surface area contributed by atoms with E-state index in [4.69, 9.17) is 4.42 Å². The molecule has 2 aromatic heterocycles. The number of carbonyl (C=O) groups is 1. The average molecular weight is 315 g/mol. The summed E-state index contributed by atoms with van der Waals surface area (Å²) in [6, 6.07) is 5.17. The lowest BCUT2D eigenvalue weighted by atomic mass is 9.92. The van der Waals surface area contributed by atoms with Crippen LogP contribution in [0.15, 0.2) is 27.4 Å². The zero-order valence-electron chi connectivity index (χ0n) is 13.1. The molecule has 2 heterocycles. The largest absolute Gasteiger partial charge is 0.441 e. The van der Waals surface area contributed by atoms with Gasteiger partial charge in [0.05, 0.1) is 0 Å². The molecule has 0 radical (unpaired) electrons. The van der Waals surface area contributed by atoms with Gasteiger partial charge in [-0.15, -0.1) is 5.10 Å². The number of oxazole rings is 1. The summed E-state index contributed by atoms with van der Waals surface area (Å²) in [6.45, 7) is 6.33. The summed E-state index contributed by atoms with van der Waals surface area (Å²) in [6.07, 6.45) is 0.720. The Kier molecular flexibility index (Phi) is 3.51. The first-order chi connectivity index (χ1) is 10.8. The van der Waals surface area contributed by atoms with E-state index >= 15 is 0 Å². The first-order valence-corrected chi connectivity index (χ1v) is 7.16. The zero-order valence-corrected chi connectivity index (χ0v) is 13.1. The molecule has 8 nitrogen and oxygen atoms in total. The highest BCUT2D eigenvalue weighted by atomic mass is 16.3. The Morgan fingerprint density at radius 2 is 2.13 bits per heavy atom. The quantitative estimate of drug-likeness (QED) is 0.684. The summed E-state index contributed by atoms with van der Waals surface area (Å²) in [4.78, 5) is 29.7. The molecule has 0 aliphatic carbocycles. The number of hydrogen-bond acceptors (Lipinski definition) is 5. The lowest BCUT2D eigenvalue weighted by molar-refractivity contribution is 0.101. The number of amides is 1. The summed E-state index contributed by atoms with van der Waals surface area (Å²) < 4.78 is 5.70. The van der Waals surface area contributed by atoms with Crippen LogP contribution in [0.1, 0.15) is 37.3 Å². The van der Waals surface area contributed by atoms with E-state index in [0.717, 1.165) is 6.42 Å². The maximum Gasteiger partial charge on any atom is 0.341 e. The Morgan fingerprint density at radius 3 is 2.78 bits per heavy atom. The Hall–Kier alpha value is -2.90. The molecule has 3 N–H and O–H groups in total. The Balaban J connectivity index is 1.82. The first kappa shape index (κ1) is 15.0. The molecule has 0 fully saturated rings. The second-order valence-corrected chi connectivity index (χ2v) is 6.51. The minimum absolute atomic E-state index is 0.0732. The van der Waals surface area contributed by atoms with E-state index in [1.54, 1.807) is 18.2 Å². The van der Waals surface area contributed by atoms with Crippen LogP contribution < -0.4 is 11.0 Å². The van der Waals surface area contributed by atoms with E-state index in [1.807, 2.05) is 0 Å². The molecule has 1 amide bonds. The summed E-state index contributed by atoms with van der Waals surface area (Å²) in [5, 5.41) is 8.37. The van der Waals surface area contributed by atoms with Gasteiger partial charge in [-0.1, -0.05) is 20.8 Å². The van der Waals surface area contributed by atoms with E-state index in [0.29, 0.717) is 22.7 Å². The van der Waals surface area contributed by atoms with Crippen molar-refractivity contribution in [2.24, 2.45) is 5.41 Å². The molecule has 8 heteroatoms. The fourth-order valence-corrected chi connectivity index (χ4v) is 2.15. The van der Waals surface area contributed by atoms with Gasteiger partial charge >= 0.3 is 5.69 Å². The fourth-order valence-electron chi connectivity index (χ4n) is 2.15. The van der Waals surface area contributed by atoms with Gasteiger partial charge in [-0.3, -0.25) is 9.78 Å². The van der Waals surface area contributed by atoms with Crippen LogP contribution in [0.2, 0.25) is 0 Å². The highest BCUT2D eigenvalue weighted by Gasteiger charge is 2.17. The molecular weight excluding hydrogens is 298 g/mol. The smallest absolute Gasteiger partial charge is 0.341 e. The number of rotatable bonds is 3. The molecule has 0 saturated carbocycles. The highest BCUT2D eigenvalue weighted by molar-refractivity contribution is 6.02. The molecule has 23 heavy (non-hydrogen) atoms. The van der Waals surface area contributed by atoms with Crippen molar-refractivity contribution in [2.45, 2.75) is 27.2 Å². The van der Waals surface area contributed by atoms with Gasteiger partial charge in [0.2, 0.25) is 5.82 Å². The van der Waals surface area contributed by atoms with E-state index in [-0.39, 0.29) is 11.2 Å². The topological polar surface area (TPSA) is 117 Å². The van der Waals surface area contributed by atoms with Crippen LogP contribution in [0.4, 0.5) is 5.69 Å². The molecule has 0 aliphatic heterocycles. The molecule has 0 atom stereocenters. The van der Waals surface area contributed by atoms with E-state index in [1.165, 1.54) is 0 Å². The molecule has 1 aromatic carbocycles. The molecule has 0 saturated heterocycles. The van der Waals surface area contributed by atoms with Crippen LogP contribution in [0.5, 0.6) is 0 Å². The molecule has 3 aromatic rings. The fraction of sp³-hybridized carbons (Fsp3) is 0.333. The third-order valence-electron chi connectivity index (χ3n) is 3.09. The molecule has 3 rings (SSSR count). The van der Waals surface area contributed by atoms with Crippen LogP contribution in [0.3, 0.4) is 0 Å². The van der Waals surface area contributed by atoms with Crippen LogP contribution in [0.25, 0.3) is 11.1 Å². The summed E-state index contributed by atoms with van der Waals surface area (Å²) in [5.74, 6) is 0.0670. The van der Waals surface area contributed by atoms with Crippen molar-refractivity contribution in [1.82, 2.24) is 20.2 Å². The number of H-pyrrole nitrogens is 2. The number of aromatic amines is 2. The number of fused-ring (bicyclic) bond motifs is 1. The molecule has 120 valence electrons. The highest BCUT2D eigenvalue weighted by Crippen LogP contribution is 2.25. The van der Waals surface area contributed by atoms with E-state index in [2.05, 4.69) is 46.3 Å². The maximum absolute atomic E-state index is 11.9. The van der Waals surface area contributed by atoms with Crippen molar-refractivity contribution >= 4 is 22.7 Å². The number of carbonyl (C=O) groups excluding carboxylic acids is 1. The predicted molar refractivity (Wildman–Crippen MR) is 84.3 cm³/mol. The van der Waals surface area contributed by atoms with E-state index < -0.39 is 11.6 Å². The number of anilines is 1. The number of nitrogens with zero attached hydrogens (tertiary/aromatic N) is 2. The average Bonchev–Trinajstić information content (AvgIpc) is 3.02. The molecule has 0 spiro atoms. The third kappa shape index (κ3) is 3.47. The SMILES string of the molecule is CC(C)(C)Cc1nc2cc(NC(=O)c3n[nH]c(=O)[nH]3)ccc2o1. The Morgan fingerprint density at radius 1 is 1.35 bits per heavy atom. The van der Waals surface area contributed by atoms with Crippen LogP contribution in [0, 0.1) is 5.41 Å². The lowest BCUT2D eigenvalue weighted by Crippen LogP contribution is -2.14. The second-order valence-electron chi connectivity index (χ2n) is 6.51. The van der Waals surface area contributed by atoms with E-state index in [9.17, 15) is 9.59 Å². The van der Waals surface area contributed by atoms with Crippen LogP contribution in [-0.2, 0) is 6.42 Å². The van der Waals surface area contributed by atoms with Crippen molar-refractivity contribution in [3.8, 4) is 0 Å². The number of benzene rings is 1. The molecule has 0 aliphatic rings. The van der Waals surface area contributed by atoms with Crippen molar-refractivity contribution < 1.29 is 9.21 Å². The summed E-state index contributed by atoms with van der Waals surface area (Å²) in [7, 11) is 0. The number of hydrogen-bond donors (Lipinski definition) is 3. The maximum atomic E-state index is 11.9. The Bertz CT molecular complexity index is 913. The molecular formula is C15H17N5O3. The second kappa shape index (κ2) is 5.38. The van der Waals surface area contributed by atoms with Gasteiger partial charge in [-0.2, -0.15) is 0 Å². The minimum atomic E-state index is -0.533. The number of nitrogens with one attached hydrogen (secondary N) is 3.